The lowest BCUT2D eigenvalue weighted by Crippen LogP contribution is -2.33. The first-order valence-electron chi connectivity index (χ1n) is 7.53. The van der Waals surface area contributed by atoms with Crippen LogP contribution in [-0.2, 0) is 4.74 Å². The second-order valence-electron chi connectivity index (χ2n) is 5.10. The van der Waals surface area contributed by atoms with Gasteiger partial charge >= 0.3 is 6.09 Å². The second-order valence-corrected chi connectivity index (χ2v) is 5.51. The van der Waals surface area contributed by atoms with Gasteiger partial charge in [-0.25, -0.2) is 4.79 Å². The van der Waals surface area contributed by atoms with Crippen LogP contribution < -0.4 is 10.6 Å². The molecule has 0 saturated carbocycles. The molecule has 0 aromatic heterocycles. The van der Waals surface area contributed by atoms with Crippen LogP contribution in [0.1, 0.15) is 5.56 Å². The van der Waals surface area contributed by atoms with Gasteiger partial charge in [0.2, 0.25) is 0 Å². The summed E-state index contributed by atoms with van der Waals surface area (Å²) in [6.45, 7) is 0. The van der Waals surface area contributed by atoms with Crippen molar-refractivity contribution in [1.82, 2.24) is 5.32 Å². The number of methoxy groups -OCH3 is 1. The molecule has 0 bridgehead atoms. The molecule has 1 amide bonds. The summed E-state index contributed by atoms with van der Waals surface area (Å²) in [5.74, 6) is 0. The van der Waals surface area contributed by atoms with Gasteiger partial charge in [-0.05, 0) is 30.4 Å². The third-order valence-electron chi connectivity index (χ3n) is 3.32. The molecule has 2 rings (SSSR count). The van der Waals surface area contributed by atoms with Crippen molar-refractivity contribution in [3.63, 3.8) is 0 Å². The molecule has 0 fully saturated rings. The fourth-order valence-electron chi connectivity index (χ4n) is 2.04. The number of carbonyl (C=O) groups excluding carboxylic acids is 1. The number of anilines is 1. The summed E-state index contributed by atoms with van der Waals surface area (Å²) in [6.07, 6.45) is 0.457. The average molecular weight is 403 g/mol. The highest BCUT2D eigenvalue weighted by Gasteiger charge is 2.18. The van der Waals surface area contributed by atoms with E-state index in [1.807, 2.05) is 0 Å². The minimum absolute atomic E-state index is 0.0317. The minimum atomic E-state index is -0.750. The summed E-state index contributed by atoms with van der Waals surface area (Å²) in [5, 5.41) is 27.0. The maximum atomic E-state index is 11.2. The molecular formula is C16H13N5O6S. The Morgan fingerprint density at radius 1 is 1.18 bits per heavy atom. The number of nitro groups is 2. The number of non-ortho nitro benzene ring substituents is 1. The SMILES string of the molecule is COC(=O)NC(=S)Nc1ccccc1/N=C/c1ccc([N+](=O)[O-])cc1[N+](=O)[O-]. The predicted octanol–water partition coefficient (Wildman–Crippen LogP) is 3.31. The summed E-state index contributed by atoms with van der Waals surface area (Å²) in [6, 6.07) is 9.85. The lowest BCUT2D eigenvalue weighted by molar-refractivity contribution is -0.394. The van der Waals surface area contributed by atoms with E-state index in [2.05, 4.69) is 20.4 Å². The zero-order valence-corrected chi connectivity index (χ0v) is 15.1. The van der Waals surface area contributed by atoms with Crippen molar-refractivity contribution in [3.05, 3.63) is 68.3 Å². The molecule has 0 saturated heterocycles. The van der Waals surface area contributed by atoms with Gasteiger partial charge in [0.15, 0.2) is 5.11 Å². The molecule has 2 N–H and O–H groups in total. The highest BCUT2D eigenvalue weighted by molar-refractivity contribution is 7.80. The molecule has 2 aromatic rings. The van der Waals surface area contributed by atoms with E-state index in [0.717, 1.165) is 12.1 Å². The number of nitro benzene ring substituents is 2. The number of hydrogen-bond acceptors (Lipinski definition) is 8. The van der Waals surface area contributed by atoms with Crippen LogP contribution in [0.25, 0.3) is 0 Å². The van der Waals surface area contributed by atoms with E-state index >= 15 is 0 Å². The molecule has 0 spiro atoms. The van der Waals surface area contributed by atoms with Gasteiger partial charge in [0.1, 0.15) is 0 Å². The first-order chi connectivity index (χ1) is 13.3. The van der Waals surface area contributed by atoms with Crippen LogP contribution in [0.4, 0.5) is 27.5 Å². The molecule has 0 aliphatic rings. The Bertz CT molecular complexity index is 978. The molecule has 12 heteroatoms. The zero-order chi connectivity index (χ0) is 20.7. The van der Waals surface area contributed by atoms with E-state index in [0.29, 0.717) is 11.4 Å². The van der Waals surface area contributed by atoms with E-state index in [1.165, 1.54) is 19.4 Å². The number of carbonyl (C=O) groups is 1. The summed E-state index contributed by atoms with van der Waals surface area (Å²) in [4.78, 5) is 35.9. The quantitative estimate of drug-likeness (QED) is 0.334. The van der Waals surface area contributed by atoms with Crippen LogP contribution >= 0.6 is 12.2 Å². The summed E-state index contributed by atoms with van der Waals surface area (Å²) in [7, 11) is 1.19. The molecule has 0 aliphatic carbocycles. The van der Waals surface area contributed by atoms with E-state index in [4.69, 9.17) is 12.2 Å². The van der Waals surface area contributed by atoms with Gasteiger partial charge in [-0.1, -0.05) is 12.1 Å². The Labute approximate surface area is 163 Å². The Kier molecular flexibility index (Phi) is 6.65. The summed E-state index contributed by atoms with van der Waals surface area (Å²) < 4.78 is 4.44. The molecule has 11 nitrogen and oxygen atoms in total. The standard InChI is InChI=1S/C16H13N5O6S/c1-27-16(22)19-15(28)18-13-5-3-2-4-12(13)17-9-10-6-7-11(20(23)24)8-14(10)21(25)26/h2-9H,1H3,(H2,18,19,22,28)/b17-9+. The number of benzene rings is 2. The van der Waals surface area contributed by atoms with Crippen LogP contribution in [0.3, 0.4) is 0 Å². The average Bonchev–Trinajstić information content (AvgIpc) is 2.66. The predicted molar refractivity (Wildman–Crippen MR) is 105 cm³/mol. The first-order valence-corrected chi connectivity index (χ1v) is 7.94. The maximum Gasteiger partial charge on any atom is 0.413 e. The number of amides is 1. The number of rotatable bonds is 5. The van der Waals surface area contributed by atoms with Gasteiger partial charge in [-0.2, -0.15) is 0 Å². The number of ether oxygens (including phenoxy) is 1. The molecule has 0 atom stereocenters. The number of aliphatic imine (C=N–C) groups is 1. The second kappa shape index (κ2) is 9.14. The molecule has 0 unspecified atom stereocenters. The van der Waals surface area contributed by atoms with Gasteiger partial charge in [-0.3, -0.25) is 30.5 Å². The Balaban J connectivity index is 2.30. The van der Waals surface area contributed by atoms with E-state index < -0.39 is 27.3 Å². The smallest absolute Gasteiger partial charge is 0.413 e. The molecule has 0 aliphatic heterocycles. The molecule has 144 valence electrons. The zero-order valence-electron chi connectivity index (χ0n) is 14.3. The van der Waals surface area contributed by atoms with Crippen molar-refractivity contribution in [2.45, 2.75) is 0 Å². The topological polar surface area (TPSA) is 149 Å². The maximum absolute atomic E-state index is 11.2. The third kappa shape index (κ3) is 5.28. The Morgan fingerprint density at radius 3 is 2.54 bits per heavy atom. The van der Waals surface area contributed by atoms with E-state index in [1.54, 1.807) is 24.3 Å². The van der Waals surface area contributed by atoms with Crippen molar-refractivity contribution in [1.29, 1.82) is 0 Å². The van der Waals surface area contributed by atoms with E-state index in [-0.39, 0.29) is 10.7 Å². The van der Waals surface area contributed by atoms with Gasteiger partial charge < -0.3 is 10.1 Å². The van der Waals surface area contributed by atoms with Crippen molar-refractivity contribution in [2.75, 3.05) is 12.4 Å². The van der Waals surface area contributed by atoms with Gasteiger partial charge in [-0.15, -0.1) is 0 Å². The molecule has 0 radical (unpaired) electrons. The fourth-order valence-corrected chi connectivity index (χ4v) is 2.23. The number of hydrogen-bond donors (Lipinski definition) is 2. The molecule has 0 heterocycles. The first kappa shape index (κ1) is 20.4. The van der Waals surface area contributed by atoms with Crippen molar-refractivity contribution >= 4 is 52.4 Å². The Hall–Kier alpha value is -3.93. The van der Waals surface area contributed by atoms with Crippen LogP contribution in [0.15, 0.2) is 47.5 Å². The number of alkyl carbamates (subject to hydrolysis) is 1. The lowest BCUT2D eigenvalue weighted by atomic mass is 10.1. The summed E-state index contributed by atoms with van der Waals surface area (Å²) in [5.41, 5.74) is 0.0194. The number of para-hydroxylation sites is 2. The van der Waals surface area contributed by atoms with Crippen molar-refractivity contribution in [3.8, 4) is 0 Å². The van der Waals surface area contributed by atoms with Gasteiger partial charge in [0.25, 0.3) is 11.4 Å². The highest BCUT2D eigenvalue weighted by Crippen LogP contribution is 2.27. The third-order valence-corrected chi connectivity index (χ3v) is 3.52. The lowest BCUT2D eigenvalue weighted by Gasteiger charge is -2.10. The van der Waals surface area contributed by atoms with Crippen LogP contribution in [-0.4, -0.2) is 34.4 Å². The van der Waals surface area contributed by atoms with E-state index in [9.17, 15) is 25.0 Å². The molecule has 28 heavy (non-hydrogen) atoms. The monoisotopic (exact) mass is 403 g/mol. The number of thiocarbonyl (C=S) groups is 1. The highest BCUT2D eigenvalue weighted by atomic mass is 32.1. The summed E-state index contributed by atoms with van der Waals surface area (Å²) >= 11 is 4.98. The number of nitrogens with one attached hydrogen (secondary N) is 2. The van der Waals surface area contributed by atoms with Crippen LogP contribution in [0, 0.1) is 20.2 Å². The number of nitrogens with zero attached hydrogens (tertiary/aromatic N) is 3. The van der Waals surface area contributed by atoms with Crippen LogP contribution in [0.2, 0.25) is 0 Å². The molecular weight excluding hydrogens is 390 g/mol. The minimum Gasteiger partial charge on any atom is -0.453 e. The van der Waals surface area contributed by atoms with Gasteiger partial charge in [0, 0.05) is 12.3 Å². The molecule has 2 aromatic carbocycles. The normalized spacial score (nSPS) is 10.3. The fraction of sp³-hybridized carbons (Fsp3) is 0.0625. The van der Waals surface area contributed by atoms with Crippen molar-refractivity contribution < 1.29 is 19.4 Å². The van der Waals surface area contributed by atoms with Gasteiger partial charge in [0.05, 0.1) is 40.0 Å². The van der Waals surface area contributed by atoms with Crippen LogP contribution in [0.5, 0.6) is 0 Å². The largest absolute Gasteiger partial charge is 0.453 e. The Morgan fingerprint density at radius 2 is 1.89 bits per heavy atom. The van der Waals surface area contributed by atoms with Crippen molar-refractivity contribution in [2.24, 2.45) is 4.99 Å².